The first-order valence-corrected chi connectivity index (χ1v) is 8.32. The third kappa shape index (κ3) is 4.24. The molecule has 6 nitrogen and oxygen atoms in total. The smallest absolute Gasteiger partial charge is 0.193 e. The lowest BCUT2D eigenvalue weighted by Gasteiger charge is -2.18. The van der Waals surface area contributed by atoms with Crippen LogP contribution in [0.3, 0.4) is 0 Å². The van der Waals surface area contributed by atoms with Gasteiger partial charge in [-0.05, 0) is 18.2 Å². The molecule has 0 aliphatic heterocycles. The van der Waals surface area contributed by atoms with Crippen molar-refractivity contribution >= 4 is 11.1 Å². The Morgan fingerprint density at radius 1 is 0.697 bits per heavy atom. The standard InChI is InChI=1S/C21H4F6N6/c22-20(23,24)17-3-18(21(25,26)27)19(16(17)9-33)15(8-32)14-2-10(4-28)13(1-11(14)5-29)12(6-30)7-31/h1-3,19H/b15-14-. The SMILES string of the molecule is N#CC1=C(C(F)(F)F)C=C(C(F)(F)F)C1/C(C#N)=c1/cc(C#N)c(=C(C#N)C#N)cc1C#N. The number of allylic oxidation sites excluding steroid dienone is 4. The Labute approximate surface area is 180 Å². The van der Waals surface area contributed by atoms with Gasteiger partial charge in [-0.15, -0.1) is 0 Å². The zero-order chi connectivity index (χ0) is 25.1. The lowest BCUT2D eigenvalue weighted by molar-refractivity contribution is -0.0956. The van der Waals surface area contributed by atoms with E-state index in [-0.39, 0.29) is 11.3 Å². The molecule has 1 aliphatic rings. The summed E-state index contributed by atoms with van der Waals surface area (Å²) in [5.41, 5.74) is -7.90. The molecule has 12 heteroatoms. The molecule has 1 atom stereocenters. The van der Waals surface area contributed by atoms with Crippen molar-refractivity contribution in [2.45, 2.75) is 12.4 Å². The molecule has 0 spiro atoms. The molecule has 1 unspecified atom stereocenters. The van der Waals surface area contributed by atoms with E-state index in [2.05, 4.69) is 0 Å². The number of benzene rings is 1. The van der Waals surface area contributed by atoms with Crippen molar-refractivity contribution in [3.05, 3.63) is 56.5 Å². The van der Waals surface area contributed by atoms with Gasteiger partial charge in [0.1, 0.15) is 17.7 Å². The maximum Gasteiger partial charge on any atom is 0.417 e. The van der Waals surface area contributed by atoms with Gasteiger partial charge >= 0.3 is 12.4 Å². The molecule has 2 rings (SSSR count). The second-order valence-corrected chi connectivity index (χ2v) is 6.26. The maximum absolute atomic E-state index is 13.6. The van der Waals surface area contributed by atoms with Crippen LogP contribution in [0.15, 0.2) is 34.9 Å². The van der Waals surface area contributed by atoms with Crippen LogP contribution in [0.5, 0.6) is 0 Å². The van der Waals surface area contributed by atoms with E-state index in [1.165, 1.54) is 24.3 Å². The van der Waals surface area contributed by atoms with Crippen molar-refractivity contribution in [1.29, 1.82) is 31.6 Å². The van der Waals surface area contributed by atoms with Gasteiger partial charge in [0.05, 0.1) is 58.0 Å². The largest absolute Gasteiger partial charge is 0.417 e. The van der Waals surface area contributed by atoms with E-state index in [1.807, 2.05) is 0 Å². The van der Waals surface area contributed by atoms with E-state index >= 15 is 0 Å². The number of nitrogens with zero attached hydrogens (tertiary/aromatic N) is 6. The monoisotopic (exact) mass is 454 g/mol. The normalized spacial score (nSPS) is 16.2. The van der Waals surface area contributed by atoms with Crippen LogP contribution in [0.4, 0.5) is 26.3 Å². The van der Waals surface area contributed by atoms with Gasteiger partial charge in [0.15, 0.2) is 0 Å². The second-order valence-electron chi connectivity index (χ2n) is 6.26. The Balaban J connectivity index is 3.18. The molecule has 0 amide bonds. The lowest BCUT2D eigenvalue weighted by atomic mass is 9.85. The Kier molecular flexibility index (Phi) is 6.32. The van der Waals surface area contributed by atoms with Gasteiger partial charge in [0.25, 0.3) is 0 Å². The van der Waals surface area contributed by atoms with E-state index in [9.17, 15) is 47.4 Å². The Bertz CT molecular complexity index is 1480. The molecule has 0 saturated heterocycles. The highest BCUT2D eigenvalue weighted by Crippen LogP contribution is 2.48. The van der Waals surface area contributed by atoms with Crippen molar-refractivity contribution in [3.8, 4) is 36.4 Å². The van der Waals surface area contributed by atoms with Gasteiger partial charge in [-0.2, -0.15) is 57.9 Å². The highest BCUT2D eigenvalue weighted by atomic mass is 19.4. The van der Waals surface area contributed by atoms with E-state index in [0.717, 1.165) is 18.2 Å². The zero-order valence-electron chi connectivity index (χ0n) is 15.8. The second kappa shape index (κ2) is 8.60. The van der Waals surface area contributed by atoms with Gasteiger partial charge in [-0.1, -0.05) is 0 Å². The third-order valence-electron chi connectivity index (χ3n) is 4.53. The molecular weight excluding hydrogens is 450 g/mol. The summed E-state index contributed by atoms with van der Waals surface area (Å²) in [5.74, 6) is -2.52. The predicted molar refractivity (Wildman–Crippen MR) is 95.1 cm³/mol. The molecule has 0 saturated carbocycles. The van der Waals surface area contributed by atoms with Crippen LogP contribution < -0.4 is 10.4 Å². The van der Waals surface area contributed by atoms with Crippen molar-refractivity contribution in [2.75, 3.05) is 0 Å². The fraction of sp³-hybridized carbons (Fsp3) is 0.143. The summed E-state index contributed by atoms with van der Waals surface area (Å²) < 4.78 is 80.7. The van der Waals surface area contributed by atoms with Crippen LogP contribution in [-0.2, 0) is 0 Å². The molecule has 0 heterocycles. The van der Waals surface area contributed by atoms with Crippen LogP contribution >= 0.6 is 0 Å². The molecule has 33 heavy (non-hydrogen) atoms. The fourth-order valence-corrected chi connectivity index (χ4v) is 3.17. The van der Waals surface area contributed by atoms with Crippen LogP contribution in [0.25, 0.3) is 11.1 Å². The number of rotatable bonds is 1. The summed E-state index contributed by atoms with van der Waals surface area (Å²) >= 11 is 0. The average Bonchev–Trinajstić information content (AvgIpc) is 3.16. The maximum atomic E-state index is 13.6. The number of halogens is 6. The Hall–Kier alpha value is -5.04. The molecule has 0 fully saturated rings. The van der Waals surface area contributed by atoms with Gasteiger partial charge in [-0.25, -0.2) is 0 Å². The first-order chi connectivity index (χ1) is 15.4. The minimum Gasteiger partial charge on any atom is -0.193 e. The van der Waals surface area contributed by atoms with Gasteiger partial charge < -0.3 is 0 Å². The minimum absolute atomic E-state index is 0.274. The molecule has 1 aliphatic carbocycles. The van der Waals surface area contributed by atoms with E-state index in [1.54, 1.807) is 6.07 Å². The van der Waals surface area contributed by atoms with Crippen molar-refractivity contribution in [1.82, 2.24) is 0 Å². The van der Waals surface area contributed by atoms with Gasteiger partial charge in [0, 0.05) is 16.0 Å². The Morgan fingerprint density at radius 2 is 1.21 bits per heavy atom. The highest BCUT2D eigenvalue weighted by Gasteiger charge is 2.51. The minimum atomic E-state index is -5.38. The molecule has 0 radical (unpaired) electrons. The van der Waals surface area contributed by atoms with E-state index in [0.29, 0.717) is 0 Å². The quantitative estimate of drug-likeness (QED) is 0.597. The summed E-state index contributed by atoms with van der Waals surface area (Å²) in [5, 5.41) is 54.6. The van der Waals surface area contributed by atoms with Crippen LogP contribution in [0, 0.1) is 73.9 Å². The first-order valence-electron chi connectivity index (χ1n) is 8.32. The van der Waals surface area contributed by atoms with Crippen molar-refractivity contribution < 1.29 is 26.3 Å². The van der Waals surface area contributed by atoms with Crippen molar-refractivity contribution in [3.63, 3.8) is 0 Å². The summed E-state index contributed by atoms with van der Waals surface area (Å²) in [4.78, 5) is 0. The summed E-state index contributed by atoms with van der Waals surface area (Å²) in [6, 6.07) is 9.92. The number of nitriles is 6. The Morgan fingerprint density at radius 3 is 1.61 bits per heavy atom. The first kappa shape index (κ1) is 24.2. The van der Waals surface area contributed by atoms with Crippen LogP contribution in [0.2, 0.25) is 0 Å². The van der Waals surface area contributed by atoms with Crippen LogP contribution in [0.1, 0.15) is 11.1 Å². The molecule has 0 aromatic heterocycles. The zero-order valence-corrected chi connectivity index (χ0v) is 15.8. The summed E-state index contributed by atoms with van der Waals surface area (Å²) in [7, 11) is 0. The molecule has 1 aromatic carbocycles. The van der Waals surface area contributed by atoms with E-state index < -0.39 is 62.5 Å². The lowest BCUT2D eigenvalue weighted by Crippen LogP contribution is -2.27. The van der Waals surface area contributed by atoms with E-state index in [4.69, 9.17) is 10.5 Å². The van der Waals surface area contributed by atoms with Gasteiger partial charge in [-0.3, -0.25) is 0 Å². The molecule has 1 aromatic rings. The topological polar surface area (TPSA) is 143 Å². The molecule has 160 valence electrons. The number of hydrogen-bond donors (Lipinski definition) is 0. The number of alkyl halides is 6. The average molecular weight is 454 g/mol. The van der Waals surface area contributed by atoms with Gasteiger partial charge in [0.2, 0.25) is 0 Å². The molecular formula is C21H4F6N6. The predicted octanol–water partition coefficient (Wildman–Crippen LogP) is 2.80. The fourth-order valence-electron chi connectivity index (χ4n) is 3.17. The van der Waals surface area contributed by atoms with Crippen LogP contribution in [-0.4, -0.2) is 12.4 Å². The summed E-state index contributed by atoms with van der Waals surface area (Å²) in [6.07, 6.45) is -11.0. The number of hydrogen-bond acceptors (Lipinski definition) is 6. The van der Waals surface area contributed by atoms with Crippen molar-refractivity contribution in [2.24, 2.45) is 5.92 Å². The molecule has 0 N–H and O–H groups in total. The summed E-state index contributed by atoms with van der Waals surface area (Å²) in [6.45, 7) is 0. The highest BCUT2D eigenvalue weighted by molar-refractivity contribution is 5.78. The molecule has 0 bridgehead atoms. The third-order valence-corrected chi connectivity index (χ3v) is 4.53.